The molecule has 0 aliphatic carbocycles. The van der Waals surface area contributed by atoms with E-state index in [1.54, 1.807) is 32.9 Å². The highest BCUT2D eigenvalue weighted by atomic mass is 32.1. The molecule has 0 unspecified atom stereocenters. The van der Waals surface area contributed by atoms with E-state index in [0.717, 1.165) is 5.56 Å². The Morgan fingerprint density at radius 1 is 0.968 bits per heavy atom. The largest absolute Gasteiger partial charge is 0.508 e. The number of thiocarbonyl (C=S) groups is 1. The lowest BCUT2D eigenvalue weighted by atomic mass is 9.87. The number of amides is 1. The van der Waals surface area contributed by atoms with Crippen LogP contribution < -0.4 is 16.0 Å². The number of phenols is 1. The summed E-state index contributed by atoms with van der Waals surface area (Å²) in [4.78, 5) is 11.8. The second kappa shape index (κ2) is 10.0. The van der Waals surface area contributed by atoms with Crippen LogP contribution in [0.25, 0.3) is 0 Å². The van der Waals surface area contributed by atoms with Crippen molar-refractivity contribution in [3.63, 3.8) is 0 Å². The van der Waals surface area contributed by atoms with Crippen LogP contribution in [0.1, 0.15) is 58.2 Å². The number of carbonyl (C=O) groups is 1. The van der Waals surface area contributed by atoms with Crippen molar-refractivity contribution in [2.45, 2.75) is 65.6 Å². The topological polar surface area (TPSA) is 82.6 Å². The fourth-order valence-electron chi connectivity index (χ4n) is 2.76. The molecular weight excluding hydrogens is 410 g/mol. The summed E-state index contributed by atoms with van der Waals surface area (Å²) in [5.74, 6) is 0.0571. The summed E-state index contributed by atoms with van der Waals surface area (Å²) in [5.41, 5.74) is 3.08. The highest BCUT2D eigenvalue weighted by Crippen LogP contribution is 2.23. The Morgan fingerprint density at radius 2 is 1.58 bits per heavy atom. The first-order valence-electron chi connectivity index (χ1n) is 10.3. The summed E-state index contributed by atoms with van der Waals surface area (Å²) in [7, 11) is 0. The summed E-state index contributed by atoms with van der Waals surface area (Å²) in [5, 5.41) is 19.6. The fourth-order valence-corrected chi connectivity index (χ4v) is 2.90. The summed E-state index contributed by atoms with van der Waals surface area (Å²) in [6, 6.07) is 13.4. The zero-order chi connectivity index (χ0) is 23.2. The van der Waals surface area contributed by atoms with Gasteiger partial charge in [-0.25, -0.2) is 4.79 Å². The van der Waals surface area contributed by atoms with E-state index in [1.165, 1.54) is 11.6 Å². The van der Waals surface area contributed by atoms with Gasteiger partial charge in [-0.05, 0) is 55.6 Å². The van der Waals surface area contributed by atoms with Crippen molar-refractivity contribution in [1.82, 2.24) is 10.6 Å². The summed E-state index contributed by atoms with van der Waals surface area (Å²) < 4.78 is 5.21. The zero-order valence-corrected chi connectivity index (χ0v) is 19.9. The molecule has 0 aliphatic heterocycles. The molecule has 0 atom stereocenters. The smallest absolute Gasteiger partial charge is 0.412 e. The van der Waals surface area contributed by atoms with Gasteiger partial charge in [0.15, 0.2) is 5.11 Å². The minimum Gasteiger partial charge on any atom is -0.508 e. The predicted molar refractivity (Wildman–Crippen MR) is 129 cm³/mol. The molecule has 0 heterocycles. The van der Waals surface area contributed by atoms with Crippen molar-refractivity contribution in [1.29, 1.82) is 0 Å². The maximum atomic E-state index is 11.8. The summed E-state index contributed by atoms with van der Waals surface area (Å²) >= 11 is 5.34. The zero-order valence-electron chi connectivity index (χ0n) is 19.1. The van der Waals surface area contributed by atoms with Crippen molar-refractivity contribution in [3.05, 3.63) is 59.2 Å². The monoisotopic (exact) mass is 443 g/mol. The SMILES string of the molecule is CC(C)(C)OC(=O)Nc1ccc(CNC(=S)NCc2ccc(C(C)(C)C)cc2)c(O)c1. The van der Waals surface area contributed by atoms with Gasteiger partial charge in [0.1, 0.15) is 11.4 Å². The van der Waals surface area contributed by atoms with Gasteiger partial charge < -0.3 is 20.5 Å². The highest BCUT2D eigenvalue weighted by molar-refractivity contribution is 7.80. The molecule has 2 aromatic carbocycles. The molecule has 31 heavy (non-hydrogen) atoms. The molecule has 0 fully saturated rings. The third-order valence-electron chi connectivity index (χ3n) is 4.44. The van der Waals surface area contributed by atoms with Crippen LogP contribution in [0, 0.1) is 0 Å². The molecule has 0 aromatic heterocycles. The van der Waals surface area contributed by atoms with Crippen LogP contribution >= 0.6 is 12.2 Å². The molecule has 4 N–H and O–H groups in total. The van der Waals surface area contributed by atoms with Crippen LogP contribution in [0.2, 0.25) is 0 Å². The van der Waals surface area contributed by atoms with Crippen LogP contribution in [0.4, 0.5) is 10.5 Å². The highest BCUT2D eigenvalue weighted by Gasteiger charge is 2.16. The standard InChI is InChI=1S/C24H33N3O3S/c1-23(2,3)18-10-7-16(8-11-18)14-25-21(31)26-15-17-9-12-19(13-20(17)28)27-22(29)30-24(4,5)6/h7-13,28H,14-15H2,1-6H3,(H,27,29)(H2,25,26,31). The molecule has 168 valence electrons. The molecule has 0 saturated heterocycles. The average molecular weight is 444 g/mol. The van der Waals surface area contributed by atoms with Crippen LogP contribution in [0.5, 0.6) is 5.75 Å². The van der Waals surface area contributed by atoms with Gasteiger partial charge in [0.25, 0.3) is 0 Å². The molecular formula is C24H33N3O3S. The number of anilines is 1. The Balaban J connectivity index is 1.83. The van der Waals surface area contributed by atoms with Crippen molar-refractivity contribution in [2.24, 2.45) is 0 Å². The van der Waals surface area contributed by atoms with E-state index < -0.39 is 11.7 Å². The van der Waals surface area contributed by atoms with Gasteiger partial charge in [-0.1, -0.05) is 51.1 Å². The number of aromatic hydroxyl groups is 1. The average Bonchev–Trinajstić information content (AvgIpc) is 2.63. The molecule has 7 heteroatoms. The molecule has 0 aliphatic rings. The number of hydrogen-bond donors (Lipinski definition) is 4. The van der Waals surface area contributed by atoms with Crippen LogP contribution in [0.15, 0.2) is 42.5 Å². The van der Waals surface area contributed by atoms with Gasteiger partial charge in [0, 0.05) is 30.4 Å². The van der Waals surface area contributed by atoms with Gasteiger partial charge in [0.2, 0.25) is 0 Å². The Morgan fingerprint density at radius 3 is 2.13 bits per heavy atom. The Hall–Kier alpha value is -2.80. The first-order chi connectivity index (χ1) is 14.3. The van der Waals surface area contributed by atoms with E-state index in [2.05, 4.69) is 61.0 Å². The Kier molecular flexibility index (Phi) is 7.90. The third kappa shape index (κ3) is 8.45. The molecule has 2 rings (SSSR count). The van der Waals surface area contributed by atoms with Gasteiger partial charge in [-0.3, -0.25) is 5.32 Å². The second-order valence-corrected chi connectivity index (χ2v) is 9.86. The molecule has 1 amide bonds. The van der Waals surface area contributed by atoms with E-state index >= 15 is 0 Å². The lowest BCUT2D eigenvalue weighted by Gasteiger charge is -2.20. The van der Waals surface area contributed by atoms with Crippen molar-refractivity contribution in [3.8, 4) is 5.75 Å². The molecule has 0 bridgehead atoms. The van der Waals surface area contributed by atoms with Crippen molar-refractivity contribution < 1.29 is 14.6 Å². The van der Waals surface area contributed by atoms with Gasteiger partial charge in [-0.2, -0.15) is 0 Å². The molecule has 0 radical (unpaired) electrons. The van der Waals surface area contributed by atoms with Gasteiger partial charge >= 0.3 is 6.09 Å². The molecule has 2 aromatic rings. The van der Waals surface area contributed by atoms with Crippen molar-refractivity contribution in [2.75, 3.05) is 5.32 Å². The summed E-state index contributed by atoms with van der Waals surface area (Å²) in [6.07, 6.45) is -0.571. The molecule has 0 saturated carbocycles. The minimum atomic E-state index is -0.590. The van der Waals surface area contributed by atoms with Crippen molar-refractivity contribution >= 4 is 29.1 Å². The maximum Gasteiger partial charge on any atom is 0.412 e. The number of phenolic OH excluding ortho intramolecular Hbond substituents is 1. The number of carbonyl (C=O) groups excluding carboxylic acids is 1. The van der Waals surface area contributed by atoms with E-state index in [4.69, 9.17) is 17.0 Å². The molecule has 6 nitrogen and oxygen atoms in total. The van der Waals surface area contributed by atoms with E-state index in [9.17, 15) is 9.90 Å². The lowest BCUT2D eigenvalue weighted by Crippen LogP contribution is -2.34. The number of ether oxygens (including phenoxy) is 1. The number of hydrogen-bond acceptors (Lipinski definition) is 4. The number of nitrogens with one attached hydrogen (secondary N) is 3. The fraction of sp³-hybridized carbons (Fsp3) is 0.417. The number of rotatable bonds is 5. The van der Waals surface area contributed by atoms with E-state index in [-0.39, 0.29) is 11.2 Å². The van der Waals surface area contributed by atoms with Crippen LogP contribution in [0.3, 0.4) is 0 Å². The Labute approximate surface area is 190 Å². The van der Waals surface area contributed by atoms with Gasteiger partial charge in [0.05, 0.1) is 0 Å². The first-order valence-corrected chi connectivity index (χ1v) is 10.7. The first kappa shape index (κ1) is 24.5. The quantitative estimate of drug-likeness (QED) is 0.476. The summed E-state index contributed by atoms with van der Waals surface area (Å²) in [6.45, 7) is 12.9. The van der Waals surface area contributed by atoms with E-state index in [0.29, 0.717) is 29.5 Å². The predicted octanol–water partition coefficient (Wildman–Crippen LogP) is 5.20. The Bertz CT molecular complexity index is 913. The van der Waals surface area contributed by atoms with Gasteiger partial charge in [-0.15, -0.1) is 0 Å². The number of benzene rings is 2. The molecule has 0 spiro atoms. The third-order valence-corrected chi connectivity index (χ3v) is 4.73. The minimum absolute atomic E-state index is 0.0571. The van der Waals surface area contributed by atoms with Crippen LogP contribution in [-0.4, -0.2) is 21.9 Å². The van der Waals surface area contributed by atoms with E-state index in [1.807, 2.05) is 0 Å². The maximum absolute atomic E-state index is 11.8. The normalized spacial score (nSPS) is 11.5. The lowest BCUT2D eigenvalue weighted by molar-refractivity contribution is 0.0636. The van der Waals surface area contributed by atoms with Crippen LogP contribution in [-0.2, 0) is 23.2 Å². The second-order valence-electron chi connectivity index (χ2n) is 9.45.